The smallest absolute Gasteiger partial charge is 0.192 e. The maximum atomic E-state index is 11.2. The Labute approximate surface area is 92.9 Å². The SMILES string of the molecule is COC(C)([PH2]=O)n1cnc2c(N)ncnc21. The molecule has 2 aromatic heterocycles. The number of anilines is 1. The second kappa shape index (κ2) is 3.84. The predicted molar refractivity (Wildman–Crippen MR) is 60.8 cm³/mol. The van der Waals surface area contributed by atoms with Crippen LogP contribution in [0.5, 0.6) is 0 Å². The molecular weight excluding hydrogens is 229 g/mol. The van der Waals surface area contributed by atoms with E-state index in [2.05, 4.69) is 15.0 Å². The molecule has 0 saturated heterocycles. The third kappa shape index (κ3) is 1.48. The van der Waals surface area contributed by atoms with E-state index in [0.29, 0.717) is 17.0 Å². The molecule has 8 heteroatoms. The van der Waals surface area contributed by atoms with Crippen LogP contribution in [0.1, 0.15) is 6.92 Å². The van der Waals surface area contributed by atoms with Gasteiger partial charge in [0.05, 0.1) is 6.33 Å². The largest absolute Gasteiger partial charge is 0.382 e. The Bertz CT molecular complexity index is 542. The van der Waals surface area contributed by atoms with E-state index in [1.165, 1.54) is 19.8 Å². The number of nitrogens with zero attached hydrogens (tertiary/aromatic N) is 4. The molecule has 0 bridgehead atoms. The summed E-state index contributed by atoms with van der Waals surface area (Å²) in [7, 11) is 0.296. The minimum atomic E-state index is -1.19. The lowest BCUT2D eigenvalue weighted by atomic mass is 10.5. The van der Waals surface area contributed by atoms with Crippen molar-refractivity contribution in [1.29, 1.82) is 0 Å². The second-order valence-corrected chi connectivity index (χ2v) is 4.73. The van der Waals surface area contributed by atoms with Crippen LogP contribution in [0, 0.1) is 0 Å². The zero-order valence-corrected chi connectivity index (χ0v) is 10.1. The van der Waals surface area contributed by atoms with Crippen LogP contribution in [0.25, 0.3) is 11.2 Å². The maximum Gasteiger partial charge on any atom is 0.192 e. The summed E-state index contributed by atoms with van der Waals surface area (Å²) < 4.78 is 18.1. The number of hydrogen-bond donors (Lipinski definition) is 1. The van der Waals surface area contributed by atoms with Crippen molar-refractivity contribution in [1.82, 2.24) is 19.5 Å². The van der Waals surface area contributed by atoms with Crippen LogP contribution < -0.4 is 5.73 Å². The van der Waals surface area contributed by atoms with E-state index in [9.17, 15) is 4.57 Å². The number of nitrogen functional groups attached to an aromatic ring is 1. The molecule has 16 heavy (non-hydrogen) atoms. The van der Waals surface area contributed by atoms with Crippen LogP contribution >= 0.6 is 8.46 Å². The summed E-state index contributed by atoms with van der Waals surface area (Å²) in [5.74, 6) is 0.295. The lowest BCUT2D eigenvalue weighted by Crippen LogP contribution is -2.25. The van der Waals surface area contributed by atoms with Crippen LogP contribution in [0.2, 0.25) is 0 Å². The highest BCUT2D eigenvalue weighted by Crippen LogP contribution is 2.32. The van der Waals surface area contributed by atoms with E-state index >= 15 is 0 Å². The van der Waals surface area contributed by atoms with Crippen LogP contribution in [0.3, 0.4) is 0 Å². The Morgan fingerprint density at radius 1 is 1.50 bits per heavy atom. The molecule has 0 aliphatic carbocycles. The summed E-state index contributed by atoms with van der Waals surface area (Å²) >= 11 is 0. The van der Waals surface area contributed by atoms with Crippen LogP contribution in [0.4, 0.5) is 5.82 Å². The number of imidazole rings is 1. The van der Waals surface area contributed by atoms with Gasteiger partial charge in [-0.15, -0.1) is 0 Å². The van der Waals surface area contributed by atoms with Crippen molar-refractivity contribution in [3.8, 4) is 0 Å². The summed E-state index contributed by atoms with van der Waals surface area (Å²) in [6, 6.07) is 0. The van der Waals surface area contributed by atoms with Crippen molar-refractivity contribution in [2.45, 2.75) is 12.4 Å². The molecule has 0 fully saturated rings. The Hall–Kier alpha value is -1.46. The van der Waals surface area contributed by atoms with Gasteiger partial charge in [0.25, 0.3) is 0 Å². The first-order chi connectivity index (χ1) is 7.62. The number of hydrogen-bond acceptors (Lipinski definition) is 6. The van der Waals surface area contributed by atoms with Gasteiger partial charge in [-0.05, 0) is 6.92 Å². The van der Waals surface area contributed by atoms with Crippen molar-refractivity contribution in [3.05, 3.63) is 12.7 Å². The van der Waals surface area contributed by atoms with Crippen LogP contribution in [-0.4, -0.2) is 26.6 Å². The first kappa shape index (κ1) is 11.0. The molecule has 2 rings (SSSR count). The second-order valence-electron chi connectivity index (χ2n) is 3.42. The lowest BCUT2D eigenvalue weighted by Gasteiger charge is -2.23. The number of aromatic nitrogens is 4. The van der Waals surface area contributed by atoms with Gasteiger partial charge in [0.2, 0.25) is 0 Å². The molecule has 0 radical (unpaired) electrons. The Balaban J connectivity index is 2.71. The highest BCUT2D eigenvalue weighted by Gasteiger charge is 2.27. The molecule has 86 valence electrons. The topological polar surface area (TPSA) is 95.9 Å². The Kier molecular flexibility index (Phi) is 2.65. The van der Waals surface area contributed by atoms with Gasteiger partial charge in [-0.1, -0.05) is 0 Å². The van der Waals surface area contributed by atoms with Crippen molar-refractivity contribution in [2.24, 2.45) is 0 Å². The van der Waals surface area contributed by atoms with E-state index in [0.717, 1.165) is 0 Å². The van der Waals surface area contributed by atoms with Crippen molar-refractivity contribution in [2.75, 3.05) is 12.8 Å². The standard InChI is InChI=1S/C8H12N5O2P/c1-8(15-2,16-14)13-4-12-5-6(9)10-3-11-7(5)13/h3-4H,16H2,1-2H3,(H2,9,10,11). The van der Waals surface area contributed by atoms with Crippen molar-refractivity contribution < 1.29 is 9.30 Å². The summed E-state index contributed by atoms with van der Waals surface area (Å²) in [6.45, 7) is 1.70. The summed E-state index contributed by atoms with van der Waals surface area (Å²) in [4.78, 5) is 12.0. The third-order valence-corrected chi connectivity index (χ3v) is 3.42. The van der Waals surface area contributed by atoms with Crippen molar-refractivity contribution in [3.63, 3.8) is 0 Å². The van der Waals surface area contributed by atoms with E-state index in [1.54, 1.807) is 11.5 Å². The van der Waals surface area contributed by atoms with Crippen molar-refractivity contribution >= 4 is 25.4 Å². The minimum absolute atomic E-state index is 0.295. The number of nitrogens with two attached hydrogens (primary N) is 1. The monoisotopic (exact) mass is 241 g/mol. The highest BCUT2D eigenvalue weighted by atomic mass is 31.1. The zero-order valence-electron chi connectivity index (χ0n) is 8.91. The number of ether oxygens (including phenoxy) is 1. The first-order valence-electron chi connectivity index (χ1n) is 4.58. The van der Waals surface area contributed by atoms with Gasteiger partial charge >= 0.3 is 0 Å². The van der Waals surface area contributed by atoms with Gasteiger partial charge in [0.1, 0.15) is 20.3 Å². The average molecular weight is 241 g/mol. The van der Waals surface area contributed by atoms with E-state index < -0.39 is 13.9 Å². The van der Waals surface area contributed by atoms with E-state index in [-0.39, 0.29) is 0 Å². The molecule has 0 aliphatic heterocycles. The Morgan fingerprint density at radius 3 is 2.88 bits per heavy atom. The molecule has 7 nitrogen and oxygen atoms in total. The summed E-state index contributed by atoms with van der Waals surface area (Å²) in [5.41, 5.74) is 5.72. The third-order valence-electron chi connectivity index (χ3n) is 2.47. The van der Waals surface area contributed by atoms with E-state index in [1.807, 2.05) is 0 Å². The average Bonchev–Trinajstić information content (AvgIpc) is 2.74. The van der Waals surface area contributed by atoms with Gasteiger partial charge < -0.3 is 15.0 Å². The molecular formula is C8H12N5O2P. The summed E-state index contributed by atoms with van der Waals surface area (Å²) in [5, 5.41) is 0. The fourth-order valence-electron chi connectivity index (χ4n) is 1.38. The molecule has 0 spiro atoms. The lowest BCUT2D eigenvalue weighted by molar-refractivity contribution is 0.0215. The molecule has 2 heterocycles. The molecule has 2 N–H and O–H groups in total. The quantitative estimate of drug-likeness (QED) is 0.783. The normalized spacial score (nSPS) is 15.9. The molecule has 0 amide bonds. The van der Waals surface area contributed by atoms with Gasteiger partial charge in [0.15, 0.2) is 16.9 Å². The first-order valence-corrected chi connectivity index (χ1v) is 5.63. The molecule has 2 unspecified atom stereocenters. The van der Waals surface area contributed by atoms with Gasteiger partial charge in [-0.2, -0.15) is 0 Å². The maximum absolute atomic E-state index is 11.2. The van der Waals surface area contributed by atoms with Gasteiger partial charge in [-0.3, -0.25) is 4.57 Å². The Morgan fingerprint density at radius 2 is 2.25 bits per heavy atom. The fraction of sp³-hybridized carbons (Fsp3) is 0.375. The van der Waals surface area contributed by atoms with Crippen LogP contribution in [-0.2, 0) is 14.8 Å². The molecule has 0 aliphatic rings. The fourth-order valence-corrected chi connectivity index (χ4v) is 1.78. The number of rotatable bonds is 3. The molecule has 2 aromatic rings. The minimum Gasteiger partial charge on any atom is -0.382 e. The van der Waals surface area contributed by atoms with Crippen LogP contribution in [0.15, 0.2) is 12.7 Å². The zero-order chi connectivity index (χ0) is 11.8. The number of fused-ring (bicyclic) bond motifs is 1. The van der Waals surface area contributed by atoms with E-state index in [4.69, 9.17) is 10.5 Å². The van der Waals surface area contributed by atoms with Gasteiger partial charge in [-0.25, -0.2) is 15.0 Å². The molecule has 0 aromatic carbocycles. The van der Waals surface area contributed by atoms with Gasteiger partial charge in [0, 0.05) is 7.11 Å². The summed E-state index contributed by atoms with van der Waals surface area (Å²) in [6.07, 6.45) is 2.84. The molecule has 2 atom stereocenters. The molecule has 0 saturated carbocycles. The predicted octanol–water partition coefficient (Wildman–Crippen LogP) is 0.441. The number of methoxy groups -OCH3 is 1. The highest BCUT2D eigenvalue weighted by molar-refractivity contribution is 7.24.